The van der Waals surface area contributed by atoms with E-state index in [9.17, 15) is 9.59 Å². The van der Waals surface area contributed by atoms with E-state index in [-0.39, 0.29) is 6.10 Å². The Balaban J connectivity index is 0.000000265. The molecule has 0 amide bonds. The molecule has 32 heavy (non-hydrogen) atoms. The number of fused-ring (bicyclic) bond motifs is 4. The highest BCUT2D eigenvalue weighted by molar-refractivity contribution is 5.94. The first kappa shape index (κ1) is 21.5. The molecule has 9 heteroatoms. The zero-order valence-corrected chi connectivity index (χ0v) is 17.3. The van der Waals surface area contributed by atoms with E-state index in [4.69, 9.17) is 14.9 Å². The second-order valence-corrected chi connectivity index (χ2v) is 7.81. The molecule has 9 nitrogen and oxygen atoms in total. The molecule has 3 aliphatic rings. The molecule has 2 bridgehead atoms. The monoisotopic (exact) mass is 436 g/mol. The van der Waals surface area contributed by atoms with Crippen LogP contribution in [0.3, 0.4) is 0 Å². The van der Waals surface area contributed by atoms with Crippen LogP contribution in [0.5, 0.6) is 5.88 Å². The molecule has 0 spiro atoms. The number of nitrogens with one attached hydrogen (secondary N) is 1. The van der Waals surface area contributed by atoms with Crippen LogP contribution in [-0.2, 0) is 9.59 Å². The van der Waals surface area contributed by atoms with E-state index in [0.29, 0.717) is 23.9 Å². The molecular formula is C23H24N4O5. The summed E-state index contributed by atoms with van der Waals surface area (Å²) < 4.78 is 6.13. The summed E-state index contributed by atoms with van der Waals surface area (Å²) in [5, 5.41) is 25.5. The van der Waals surface area contributed by atoms with Crippen molar-refractivity contribution in [3.05, 3.63) is 54.7 Å². The van der Waals surface area contributed by atoms with E-state index in [0.717, 1.165) is 28.7 Å². The third-order valence-electron chi connectivity index (χ3n) is 5.74. The SMILES string of the molecule is O=C(O)C=CC(=O)O.c1ccc2c(-c3ccc(O[C@H]4CN5CCC4CC5)nn3)c[nH]c2c1. The maximum absolute atomic E-state index is 9.55. The van der Waals surface area contributed by atoms with Crippen molar-refractivity contribution in [1.82, 2.24) is 20.1 Å². The molecule has 3 saturated heterocycles. The summed E-state index contributed by atoms with van der Waals surface area (Å²) in [7, 11) is 0. The number of carboxylic acids is 2. The van der Waals surface area contributed by atoms with Gasteiger partial charge in [-0.3, -0.25) is 4.90 Å². The Labute approximate surface area is 184 Å². The Hall–Kier alpha value is -3.72. The van der Waals surface area contributed by atoms with Gasteiger partial charge in [0.1, 0.15) is 6.10 Å². The topological polar surface area (TPSA) is 129 Å². The van der Waals surface area contributed by atoms with Crippen LogP contribution in [0.25, 0.3) is 22.2 Å². The average molecular weight is 436 g/mol. The fraction of sp³-hybridized carbons (Fsp3) is 0.304. The van der Waals surface area contributed by atoms with Gasteiger partial charge in [0.2, 0.25) is 5.88 Å². The van der Waals surface area contributed by atoms with E-state index < -0.39 is 11.9 Å². The van der Waals surface area contributed by atoms with Crippen LogP contribution in [0.4, 0.5) is 0 Å². The largest absolute Gasteiger partial charge is 0.478 e. The Morgan fingerprint density at radius 3 is 2.34 bits per heavy atom. The molecule has 5 heterocycles. The molecule has 3 fully saturated rings. The number of H-pyrrole nitrogens is 1. The summed E-state index contributed by atoms with van der Waals surface area (Å²) in [6.07, 6.45) is 5.85. The lowest BCUT2D eigenvalue weighted by molar-refractivity contribution is -0.134. The Kier molecular flexibility index (Phi) is 6.46. The van der Waals surface area contributed by atoms with Crippen molar-refractivity contribution >= 4 is 22.8 Å². The van der Waals surface area contributed by atoms with Crippen molar-refractivity contribution in [3.8, 4) is 17.1 Å². The van der Waals surface area contributed by atoms with Gasteiger partial charge in [-0.15, -0.1) is 10.2 Å². The van der Waals surface area contributed by atoms with Gasteiger partial charge in [0.25, 0.3) is 0 Å². The lowest BCUT2D eigenvalue weighted by Gasteiger charge is -2.44. The second-order valence-electron chi connectivity index (χ2n) is 7.81. The highest BCUT2D eigenvalue weighted by atomic mass is 16.5. The summed E-state index contributed by atoms with van der Waals surface area (Å²) >= 11 is 0. The molecule has 6 rings (SSSR count). The van der Waals surface area contributed by atoms with E-state index in [2.05, 4.69) is 32.2 Å². The zero-order chi connectivity index (χ0) is 22.5. The number of hydrogen-bond donors (Lipinski definition) is 3. The highest BCUT2D eigenvalue weighted by Gasteiger charge is 2.35. The first-order chi connectivity index (χ1) is 15.5. The fourth-order valence-electron chi connectivity index (χ4n) is 4.15. The number of aliphatic carboxylic acids is 2. The van der Waals surface area contributed by atoms with Gasteiger partial charge in [-0.25, -0.2) is 9.59 Å². The third-order valence-corrected chi connectivity index (χ3v) is 5.74. The molecule has 3 aliphatic heterocycles. The maximum atomic E-state index is 9.55. The number of rotatable bonds is 5. The normalized spacial score (nSPS) is 21.8. The summed E-state index contributed by atoms with van der Waals surface area (Å²) in [6.45, 7) is 3.46. The highest BCUT2D eigenvalue weighted by Crippen LogP contribution is 2.31. The standard InChI is InChI=1S/C19H20N4O.C4H4O4/c1-2-4-16-14(3-1)15(11-20-16)17-5-6-19(22-21-17)24-18-12-23-9-7-13(18)8-10-23;5-3(6)1-2-4(7)8/h1-6,11,13,18,20H,7-10,12H2;1-2H,(H,5,6)(H,7,8)/t18-;/m0./s1. The molecule has 0 aliphatic carbocycles. The van der Waals surface area contributed by atoms with Crippen molar-refractivity contribution in [2.45, 2.75) is 18.9 Å². The number of ether oxygens (including phenoxy) is 1. The average Bonchev–Trinajstić information content (AvgIpc) is 3.24. The summed E-state index contributed by atoms with van der Waals surface area (Å²) in [6, 6.07) is 12.2. The predicted molar refractivity (Wildman–Crippen MR) is 117 cm³/mol. The van der Waals surface area contributed by atoms with Gasteiger partial charge >= 0.3 is 11.9 Å². The van der Waals surface area contributed by atoms with Gasteiger partial charge in [0.15, 0.2) is 0 Å². The Morgan fingerprint density at radius 2 is 1.75 bits per heavy atom. The van der Waals surface area contributed by atoms with E-state index in [1.165, 1.54) is 25.9 Å². The lowest BCUT2D eigenvalue weighted by atomic mass is 9.86. The van der Waals surface area contributed by atoms with Crippen LogP contribution < -0.4 is 4.74 Å². The first-order valence-electron chi connectivity index (χ1n) is 10.4. The van der Waals surface area contributed by atoms with Crippen LogP contribution in [0.15, 0.2) is 54.7 Å². The number of para-hydroxylation sites is 1. The van der Waals surface area contributed by atoms with Gasteiger partial charge in [-0.1, -0.05) is 18.2 Å². The quantitative estimate of drug-likeness (QED) is 0.521. The zero-order valence-electron chi connectivity index (χ0n) is 17.3. The van der Waals surface area contributed by atoms with Gasteiger partial charge in [-0.05, 0) is 44.0 Å². The van der Waals surface area contributed by atoms with Crippen LogP contribution in [0.1, 0.15) is 12.8 Å². The van der Waals surface area contributed by atoms with Gasteiger partial charge < -0.3 is 19.9 Å². The van der Waals surface area contributed by atoms with Crippen molar-refractivity contribution in [2.75, 3.05) is 19.6 Å². The first-order valence-corrected chi connectivity index (χ1v) is 10.4. The van der Waals surface area contributed by atoms with Crippen LogP contribution in [0, 0.1) is 5.92 Å². The van der Waals surface area contributed by atoms with E-state index in [1.807, 2.05) is 30.5 Å². The van der Waals surface area contributed by atoms with Crippen molar-refractivity contribution < 1.29 is 24.5 Å². The third kappa shape index (κ3) is 5.12. The number of piperidine rings is 3. The van der Waals surface area contributed by atoms with Crippen molar-refractivity contribution in [3.63, 3.8) is 0 Å². The number of aromatic amines is 1. The number of carbonyl (C=O) groups is 2. The fourth-order valence-corrected chi connectivity index (χ4v) is 4.15. The smallest absolute Gasteiger partial charge is 0.328 e. The summed E-state index contributed by atoms with van der Waals surface area (Å²) in [5.74, 6) is -1.21. The second kappa shape index (κ2) is 9.61. The maximum Gasteiger partial charge on any atom is 0.328 e. The van der Waals surface area contributed by atoms with Crippen LogP contribution in [0.2, 0.25) is 0 Å². The Morgan fingerprint density at radius 1 is 1.03 bits per heavy atom. The molecular weight excluding hydrogens is 412 g/mol. The number of benzene rings is 1. The van der Waals surface area contributed by atoms with Crippen molar-refractivity contribution in [1.29, 1.82) is 0 Å². The van der Waals surface area contributed by atoms with Gasteiger partial charge in [0, 0.05) is 47.4 Å². The van der Waals surface area contributed by atoms with Gasteiger partial charge in [-0.2, -0.15) is 0 Å². The van der Waals surface area contributed by atoms with Crippen LogP contribution in [-0.4, -0.2) is 68.0 Å². The molecule has 3 N–H and O–H groups in total. The van der Waals surface area contributed by atoms with E-state index in [1.54, 1.807) is 0 Å². The Bertz CT molecular complexity index is 1100. The number of carboxylic acid groups (broad SMARTS) is 2. The van der Waals surface area contributed by atoms with Crippen LogP contribution >= 0.6 is 0 Å². The minimum Gasteiger partial charge on any atom is -0.478 e. The lowest BCUT2D eigenvalue weighted by Crippen LogP contribution is -2.52. The summed E-state index contributed by atoms with van der Waals surface area (Å²) in [4.78, 5) is 24.9. The van der Waals surface area contributed by atoms with Crippen molar-refractivity contribution in [2.24, 2.45) is 5.92 Å². The molecule has 0 radical (unpaired) electrons. The molecule has 3 aromatic rings. The van der Waals surface area contributed by atoms with Gasteiger partial charge in [0.05, 0.1) is 5.69 Å². The number of nitrogens with zero attached hydrogens (tertiary/aromatic N) is 3. The molecule has 0 saturated carbocycles. The summed E-state index contributed by atoms with van der Waals surface area (Å²) in [5.41, 5.74) is 3.06. The number of hydrogen-bond acceptors (Lipinski definition) is 6. The molecule has 0 unspecified atom stereocenters. The molecule has 1 atom stereocenters. The minimum absolute atomic E-state index is 0.265. The predicted octanol–water partition coefficient (Wildman–Crippen LogP) is 2.81. The minimum atomic E-state index is -1.26. The molecule has 166 valence electrons. The number of aromatic nitrogens is 3. The molecule has 1 aromatic carbocycles. The van der Waals surface area contributed by atoms with E-state index >= 15 is 0 Å². The molecule has 2 aromatic heterocycles.